The maximum Gasteiger partial charge on any atom is 0.494 e. The first kappa shape index (κ1) is 20.4. The molecule has 0 aliphatic carbocycles. The number of imidazole rings is 1. The molecule has 1 fully saturated rings. The van der Waals surface area contributed by atoms with Crippen LogP contribution in [0.1, 0.15) is 48.5 Å². The molecule has 1 aromatic heterocycles. The maximum atomic E-state index is 11.9. The Labute approximate surface area is 166 Å². The number of carbonyl (C=O) groups is 1. The van der Waals surface area contributed by atoms with E-state index in [9.17, 15) is 4.79 Å². The van der Waals surface area contributed by atoms with E-state index in [4.69, 9.17) is 14.0 Å². The number of H-pyrrole nitrogens is 1. The Hall–Kier alpha value is -2.32. The van der Waals surface area contributed by atoms with Crippen LogP contribution in [0.25, 0.3) is 11.3 Å². The van der Waals surface area contributed by atoms with Crippen LogP contribution in [0.15, 0.2) is 30.5 Å². The minimum Gasteiger partial charge on any atom is -0.444 e. The molecule has 0 saturated carbocycles. The number of anilines is 1. The summed E-state index contributed by atoms with van der Waals surface area (Å²) < 4.78 is 17.5. The predicted molar refractivity (Wildman–Crippen MR) is 110 cm³/mol. The molecular formula is C20H28BN3O4. The van der Waals surface area contributed by atoms with E-state index in [2.05, 4.69) is 15.3 Å². The molecule has 2 heterocycles. The third-order valence-corrected chi connectivity index (χ3v) is 4.92. The molecule has 0 atom stereocenters. The highest BCUT2D eigenvalue weighted by Gasteiger charge is 2.51. The van der Waals surface area contributed by atoms with Crippen LogP contribution in [-0.4, -0.2) is 40.0 Å². The summed E-state index contributed by atoms with van der Waals surface area (Å²) >= 11 is 0. The molecule has 0 bridgehead atoms. The smallest absolute Gasteiger partial charge is 0.444 e. The minimum absolute atomic E-state index is 0.324. The summed E-state index contributed by atoms with van der Waals surface area (Å²) in [7, 11) is -0.438. The van der Waals surface area contributed by atoms with Crippen LogP contribution < -0.4 is 10.8 Å². The van der Waals surface area contributed by atoms with Crippen molar-refractivity contribution in [1.82, 2.24) is 9.97 Å². The largest absolute Gasteiger partial charge is 0.494 e. The lowest BCUT2D eigenvalue weighted by Gasteiger charge is -2.32. The summed E-state index contributed by atoms with van der Waals surface area (Å²) in [6, 6.07) is 7.87. The molecule has 1 saturated heterocycles. The molecule has 1 aliphatic rings. The number of hydrogen-bond donors (Lipinski definition) is 2. The van der Waals surface area contributed by atoms with Crippen LogP contribution >= 0.6 is 0 Å². The van der Waals surface area contributed by atoms with Crippen LogP contribution in [0, 0.1) is 0 Å². The number of benzene rings is 1. The zero-order chi connectivity index (χ0) is 20.7. The van der Waals surface area contributed by atoms with Gasteiger partial charge in [-0.25, -0.2) is 9.78 Å². The van der Waals surface area contributed by atoms with Crippen LogP contribution in [0.4, 0.5) is 10.7 Å². The van der Waals surface area contributed by atoms with E-state index >= 15 is 0 Å². The molecule has 2 aromatic rings. The van der Waals surface area contributed by atoms with Crippen molar-refractivity contribution < 1.29 is 18.8 Å². The SMILES string of the molecule is CC(C)(C)OC(=O)Nc1ncc(-c2cccc(B3OC(C)(C)C(C)(C)O3)c2)[nH]1. The van der Waals surface area contributed by atoms with Gasteiger partial charge in [0.15, 0.2) is 0 Å². The Morgan fingerprint density at radius 3 is 2.43 bits per heavy atom. The molecule has 1 aromatic carbocycles. The van der Waals surface area contributed by atoms with Crippen molar-refractivity contribution in [2.75, 3.05) is 5.32 Å². The number of aromatic nitrogens is 2. The second-order valence-corrected chi connectivity index (χ2v) is 8.99. The van der Waals surface area contributed by atoms with Gasteiger partial charge >= 0.3 is 13.2 Å². The van der Waals surface area contributed by atoms with Crippen LogP contribution in [0.2, 0.25) is 0 Å². The second kappa shape index (κ2) is 6.94. The minimum atomic E-state index is -0.573. The van der Waals surface area contributed by atoms with Gasteiger partial charge in [-0.15, -0.1) is 0 Å². The lowest BCUT2D eigenvalue weighted by atomic mass is 9.78. The standard InChI is InChI=1S/C20H28BN3O4/c1-18(2,3)26-17(25)24-16-22-12-15(23-16)13-9-8-10-14(11-13)21-27-19(4,5)20(6,7)28-21/h8-12H,1-7H3,(H2,22,23,24,25). The van der Waals surface area contributed by atoms with E-state index in [1.807, 2.05) is 52.0 Å². The number of aromatic amines is 1. The van der Waals surface area contributed by atoms with Gasteiger partial charge in [-0.2, -0.15) is 0 Å². The van der Waals surface area contributed by atoms with E-state index < -0.39 is 30.0 Å². The Morgan fingerprint density at radius 1 is 1.18 bits per heavy atom. The van der Waals surface area contributed by atoms with Gasteiger partial charge in [-0.3, -0.25) is 5.32 Å². The van der Waals surface area contributed by atoms with Crippen LogP contribution in [0.5, 0.6) is 0 Å². The highest BCUT2D eigenvalue weighted by atomic mass is 16.7. The van der Waals surface area contributed by atoms with Gasteiger partial charge in [-0.1, -0.05) is 24.3 Å². The van der Waals surface area contributed by atoms with E-state index in [0.29, 0.717) is 5.95 Å². The fourth-order valence-electron chi connectivity index (χ4n) is 2.76. The number of hydrogen-bond acceptors (Lipinski definition) is 5. The summed E-state index contributed by atoms with van der Waals surface area (Å²) in [5.41, 5.74) is 1.24. The lowest BCUT2D eigenvalue weighted by Crippen LogP contribution is -2.41. The molecule has 3 rings (SSSR count). The number of nitrogens with one attached hydrogen (secondary N) is 2. The van der Waals surface area contributed by atoms with Gasteiger partial charge < -0.3 is 19.0 Å². The molecule has 8 heteroatoms. The Kier molecular flexibility index (Phi) is 5.06. The summed E-state index contributed by atoms with van der Waals surface area (Å²) in [4.78, 5) is 19.2. The first-order valence-corrected chi connectivity index (χ1v) is 9.37. The number of amides is 1. The summed E-state index contributed by atoms with van der Waals surface area (Å²) in [5, 5.41) is 2.60. The number of ether oxygens (including phenoxy) is 1. The van der Waals surface area contributed by atoms with Gasteiger partial charge in [-0.05, 0) is 59.5 Å². The number of carbonyl (C=O) groups excluding carboxylic acids is 1. The zero-order valence-corrected chi connectivity index (χ0v) is 17.5. The molecule has 7 nitrogen and oxygen atoms in total. The molecular weight excluding hydrogens is 357 g/mol. The fourth-order valence-corrected chi connectivity index (χ4v) is 2.76. The van der Waals surface area contributed by atoms with E-state index in [1.54, 1.807) is 27.0 Å². The van der Waals surface area contributed by atoms with Crippen molar-refractivity contribution in [3.05, 3.63) is 30.5 Å². The Morgan fingerprint density at radius 2 is 1.82 bits per heavy atom. The van der Waals surface area contributed by atoms with Gasteiger partial charge in [0.25, 0.3) is 0 Å². The third-order valence-electron chi connectivity index (χ3n) is 4.92. The quantitative estimate of drug-likeness (QED) is 0.787. The van der Waals surface area contributed by atoms with E-state index in [-0.39, 0.29) is 0 Å². The monoisotopic (exact) mass is 385 g/mol. The summed E-state index contributed by atoms with van der Waals surface area (Å²) in [5.74, 6) is 0.324. The van der Waals surface area contributed by atoms with Crippen molar-refractivity contribution >= 4 is 24.6 Å². The average molecular weight is 385 g/mol. The van der Waals surface area contributed by atoms with Gasteiger partial charge in [0.2, 0.25) is 5.95 Å². The summed E-state index contributed by atoms with van der Waals surface area (Å²) in [6.07, 6.45) is 1.11. The first-order chi connectivity index (χ1) is 12.9. The predicted octanol–water partition coefficient (Wildman–Crippen LogP) is 3.72. The molecule has 28 heavy (non-hydrogen) atoms. The average Bonchev–Trinajstić information content (AvgIpc) is 3.08. The van der Waals surface area contributed by atoms with Crippen molar-refractivity contribution in [3.63, 3.8) is 0 Å². The van der Waals surface area contributed by atoms with E-state index in [0.717, 1.165) is 16.7 Å². The normalized spacial score (nSPS) is 18.2. The molecule has 0 spiro atoms. The fraction of sp³-hybridized carbons (Fsp3) is 0.500. The molecule has 0 radical (unpaired) electrons. The van der Waals surface area contributed by atoms with Gasteiger partial charge in [0, 0.05) is 0 Å². The van der Waals surface area contributed by atoms with Crippen LogP contribution in [-0.2, 0) is 14.0 Å². The highest BCUT2D eigenvalue weighted by Crippen LogP contribution is 2.36. The molecule has 2 N–H and O–H groups in total. The first-order valence-electron chi connectivity index (χ1n) is 9.37. The molecule has 1 aliphatic heterocycles. The zero-order valence-electron chi connectivity index (χ0n) is 17.5. The molecule has 0 unspecified atom stereocenters. The van der Waals surface area contributed by atoms with Crippen molar-refractivity contribution in [2.45, 2.75) is 65.3 Å². The molecule has 1 amide bonds. The molecule has 150 valence electrons. The van der Waals surface area contributed by atoms with E-state index in [1.165, 1.54) is 0 Å². The van der Waals surface area contributed by atoms with Crippen molar-refractivity contribution in [3.8, 4) is 11.3 Å². The van der Waals surface area contributed by atoms with Crippen molar-refractivity contribution in [2.24, 2.45) is 0 Å². The van der Waals surface area contributed by atoms with Crippen LogP contribution in [0.3, 0.4) is 0 Å². The Balaban J connectivity index is 1.75. The highest BCUT2D eigenvalue weighted by molar-refractivity contribution is 6.62. The lowest BCUT2D eigenvalue weighted by molar-refractivity contribution is 0.00578. The van der Waals surface area contributed by atoms with Crippen molar-refractivity contribution in [1.29, 1.82) is 0 Å². The Bertz CT molecular complexity index is 854. The second-order valence-electron chi connectivity index (χ2n) is 8.99. The van der Waals surface area contributed by atoms with Gasteiger partial charge in [0.1, 0.15) is 5.60 Å². The summed E-state index contributed by atoms with van der Waals surface area (Å²) in [6.45, 7) is 13.5. The third kappa shape index (κ3) is 4.39. The number of nitrogens with zero attached hydrogens (tertiary/aromatic N) is 1. The van der Waals surface area contributed by atoms with Gasteiger partial charge in [0.05, 0.1) is 23.1 Å². The number of rotatable bonds is 3. The maximum absolute atomic E-state index is 11.9. The topological polar surface area (TPSA) is 85.5 Å².